The third-order valence-electron chi connectivity index (χ3n) is 5.87. The van der Waals surface area contributed by atoms with E-state index in [-0.39, 0.29) is 11.7 Å². The number of nitrogens with one attached hydrogen (secondary N) is 1. The van der Waals surface area contributed by atoms with Gasteiger partial charge in [0.25, 0.3) is 11.1 Å². The van der Waals surface area contributed by atoms with Crippen molar-refractivity contribution in [2.24, 2.45) is 0 Å². The molecule has 2 heterocycles. The quantitative estimate of drug-likeness (QED) is 0.357. The van der Waals surface area contributed by atoms with Gasteiger partial charge in [0.1, 0.15) is 13.2 Å². The Kier molecular flexibility index (Phi) is 7.74. The van der Waals surface area contributed by atoms with Gasteiger partial charge in [0.2, 0.25) is 12.7 Å². The lowest BCUT2D eigenvalue weighted by Gasteiger charge is -2.13. The number of carbonyl (C=O) groups excluding carboxylic acids is 3. The minimum Gasteiger partial charge on any atom is -0.490 e. The average Bonchev–Trinajstić information content (AvgIpc) is 3.48. The topological polar surface area (TPSA) is 103 Å². The summed E-state index contributed by atoms with van der Waals surface area (Å²) >= 11 is 0.783. The molecule has 3 aromatic carbocycles. The number of aryl methyl sites for hydroxylation is 1. The third kappa shape index (κ3) is 6.18. The summed E-state index contributed by atoms with van der Waals surface area (Å²) in [6.07, 6.45) is 1.60. The van der Waals surface area contributed by atoms with Crippen LogP contribution in [0.5, 0.6) is 23.0 Å². The zero-order valence-electron chi connectivity index (χ0n) is 21.4. The summed E-state index contributed by atoms with van der Waals surface area (Å²) in [5.41, 5.74) is 3.32. The van der Waals surface area contributed by atoms with Crippen molar-refractivity contribution in [3.8, 4) is 23.0 Å². The van der Waals surface area contributed by atoms with E-state index < -0.39 is 23.6 Å². The van der Waals surface area contributed by atoms with Crippen LogP contribution in [0.25, 0.3) is 6.08 Å². The van der Waals surface area contributed by atoms with Gasteiger partial charge in [0, 0.05) is 11.8 Å². The Morgan fingerprint density at radius 2 is 1.87 bits per heavy atom. The molecular weight excluding hydrogens is 520 g/mol. The standard InChI is InChI=1S/C29H26N2O7S/c1-3-35-24-12-19(7-9-22(24)36-16-20-6-4-5-18(2)11-20)13-26-28(33)31(29(34)39-26)15-27(32)30-21-8-10-23-25(14-21)38-17-37-23/h4-14H,3,15-17H2,1-2H3,(H,30,32)/b26-13-. The van der Waals surface area contributed by atoms with Crippen LogP contribution < -0.4 is 24.3 Å². The smallest absolute Gasteiger partial charge is 0.294 e. The van der Waals surface area contributed by atoms with Gasteiger partial charge in [0.15, 0.2) is 23.0 Å². The Hall–Kier alpha value is -4.44. The van der Waals surface area contributed by atoms with Crippen LogP contribution in [0, 0.1) is 6.92 Å². The van der Waals surface area contributed by atoms with E-state index in [0.717, 1.165) is 27.8 Å². The maximum absolute atomic E-state index is 13.0. The maximum Gasteiger partial charge on any atom is 0.294 e. The molecule has 5 rings (SSSR count). The van der Waals surface area contributed by atoms with Crippen LogP contribution >= 0.6 is 11.8 Å². The number of fused-ring (bicyclic) bond motifs is 1. The minimum atomic E-state index is -0.538. The highest BCUT2D eigenvalue weighted by atomic mass is 32.2. The van der Waals surface area contributed by atoms with E-state index in [1.54, 1.807) is 42.5 Å². The van der Waals surface area contributed by atoms with Crippen molar-refractivity contribution in [3.63, 3.8) is 0 Å². The van der Waals surface area contributed by atoms with Crippen molar-refractivity contribution < 1.29 is 33.3 Å². The Labute approximate surface area is 229 Å². The Balaban J connectivity index is 1.25. The van der Waals surface area contributed by atoms with Crippen molar-refractivity contribution in [2.75, 3.05) is 25.3 Å². The van der Waals surface area contributed by atoms with Crippen LogP contribution in [-0.4, -0.2) is 41.9 Å². The molecule has 0 radical (unpaired) electrons. The molecule has 1 fully saturated rings. The van der Waals surface area contributed by atoms with Crippen LogP contribution in [0.4, 0.5) is 10.5 Å². The Morgan fingerprint density at radius 3 is 2.69 bits per heavy atom. The lowest BCUT2D eigenvalue weighted by atomic mass is 10.1. The highest BCUT2D eigenvalue weighted by Crippen LogP contribution is 2.36. The SMILES string of the molecule is CCOc1cc(/C=C2\SC(=O)N(CC(=O)Nc3ccc4c(c3)OCO4)C2=O)ccc1OCc1cccc(C)c1. The maximum atomic E-state index is 13.0. The summed E-state index contributed by atoms with van der Waals surface area (Å²) in [6, 6.07) is 18.3. The second kappa shape index (κ2) is 11.5. The van der Waals surface area contributed by atoms with Gasteiger partial charge < -0.3 is 24.3 Å². The van der Waals surface area contributed by atoms with E-state index in [4.69, 9.17) is 18.9 Å². The normalized spacial score (nSPS) is 15.1. The summed E-state index contributed by atoms with van der Waals surface area (Å²) in [6.45, 7) is 4.42. The molecule has 1 N–H and O–H groups in total. The van der Waals surface area contributed by atoms with Gasteiger partial charge in [-0.1, -0.05) is 35.9 Å². The van der Waals surface area contributed by atoms with E-state index in [1.165, 1.54) is 0 Å². The molecule has 2 aliphatic rings. The first-order valence-corrected chi connectivity index (χ1v) is 13.1. The summed E-state index contributed by atoms with van der Waals surface area (Å²) in [4.78, 5) is 39.2. The number of ether oxygens (including phenoxy) is 4. The fourth-order valence-electron chi connectivity index (χ4n) is 4.07. The number of amides is 3. The number of carbonyl (C=O) groups is 3. The van der Waals surface area contributed by atoms with E-state index in [1.807, 2.05) is 32.0 Å². The van der Waals surface area contributed by atoms with Crippen molar-refractivity contribution >= 4 is 40.6 Å². The fourth-order valence-corrected chi connectivity index (χ4v) is 4.91. The third-order valence-corrected chi connectivity index (χ3v) is 6.78. The van der Waals surface area contributed by atoms with Gasteiger partial charge in [-0.25, -0.2) is 0 Å². The van der Waals surface area contributed by atoms with Crippen LogP contribution in [0.2, 0.25) is 0 Å². The number of hydrogen-bond acceptors (Lipinski definition) is 8. The number of thioether (sulfide) groups is 1. The molecule has 0 unspecified atom stereocenters. The molecule has 0 bridgehead atoms. The molecule has 0 aromatic heterocycles. The number of rotatable bonds is 9. The van der Waals surface area contributed by atoms with Crippen molar-refractivity contribution in [1.29, 1.82) is 0 Å². The second-order valence-electron chi connectivity index (χ2n) is 8.80. The largest absolute Gasteiger partial charge is 0.490 e. The molecule has 0 spiro atoms. The van der Waals surface area contributed by atoms with Crippen molar-refractivity contribution in [1.82, 2.24) is 4.90 Å². The lowest BCUT2D eigenvalue weighted by Crippen LogP contribution is -2.36. The van der Waals surface area contributed by atoms with Gasteiger partial charge in [-0.05, 0) is 67.1 Å². The first-order valence-electron chi connectivity index (χ1n) is 12.3. The predicted molar refractivity (Wildman–Crippen MR) is 147 cm³/mol. The number of anilines is 1. The van der Waals surface area contributed by atoms with Crippen molar-refractivity contribution in [2.45, 2.75) is 20.5 Å². The van der Waals surface area contributed by atoms with Crippen LogP contribution in [0.15, 0.2) is 65.6 Å². The molecule has 1 saturated heterocycles. The molecule has 0 saturated carbocycles. The van der Waals surface area contributed by atoms with Gasteiger partial charge in [-0.3, -0.25) is 19.3 Å². The molecule has 9 nitrogen and oxygen atoms in total. The molecule has 0 aliphatic carbocycles. The van der Waals surface area contributed by atoms with Gasteiger partial charge in [0.05, 0.1) is 11.5 Å². The molecule has 200 valence electrons. The fraction of sp³-hybridized carbons (Fsp3) is 0.207. The molecule has 0 atom stereocenters. The Morgan fingerprint density at radius 1 is 1.03 bits per heavy atom. The summed E-state index contributed by atoms with van der Waals surface area (Å²) < 4.78 is 22.3. The number of benzene rings is 3. The molecule has 3 amide bonds. The number of hydrogen-bond donors (Lipinski definition) is 1. The molecular formula is C29H26N2O7S. The van der Waals surface area contributed by atoms with Gasteiger partial charge in [-0.2, -0.15) is 0 Å². The molecule has 39 heavy (non-hydrogen) atoms. The summed E-state index contributed by atoms with van der Waals surface area (Å²) in [7, 11) is 0. The highest BCUT2D eigenvalue weighted by Gasteiger charge is 2.36. The Bertz CT molecular complexity index is 1470. The average molecular weight is 547 g/mol. The first-order chi connectivity index (χ1) is 18.9. The van der Waals surface area contributed by atoms with E-state index in [2.05, 4.69) is 11.4 Å². The lowest BCUT2D eigenvalue weighted by molar-refractivity contribution is -0.127. The number of nitrogens with zero attached hydrogens (tertiary/aromatic N) is 1. The van der Waals surface area contributed by atoms with E-state index in [9.17, 15) is 14.4 Å². The highest BCUT2D eigenvalue weighted by molar-refractivity contribution is 8.18. The number of imide groups is 1. The summed E-state index contributed by atoms with van der Waals surface area (Å²) in [5.74, 6) is 1.15. The van der Waals surface area contributed by atoms with Gasteiger partial charge >= 0.3 is 0 Å². The second-order valence-corrected chi connectivity index (χ2v) is 9.79. The predicted octanol–water partition coefficient (Wildman–Crippen LogP) is 5.38. The van der Waals surface area contributed by atoms with Gasteiger partial charge in [-0.15, -0.1) is 0 Å². The molecule has 2 aliphatic heterocycles. The molecule has 10 heteroatoms. The van der Waals surface area contributed by atoms with E-state index in [0.29, 0.717) is 47.5 Å². The van der Waals surface area contributed by atoms with E-state index >= 15 is 0 Å². The molecule has 3 aromatic rings. The zero-order chi connectivity index (χ0) is 27.4. The monoisotopic (exact) mass is 546 g/mol. The van der Waals surface area contributed by atoms with Crippen LogP contribution in [0.1, 0.15) is 23.6 Å². The zero-order valence-corrected chi connectivity index (χ0v) is 22.2. The first kappa shape index (κ1) is 26.2. The van der Waals surface area contributed by atoms with Crippen LogP contribution in [0.3, 0.4) is 0 Å². The van der Waals surface area contributed by atoms with Crippen molar-refractivity contribution in [3.05, 3.63) is 82.3 Å². The summed E-state index contributed by atoms with van der Waals surface area (Å²) in [5, 5.41) is 2.16. The minimum absolute atomic E-state index is 0.116. The van der Waals surface area contributed by atoms with Crippen LogP contribution in [-0.2, 0) is 16.2 Å².